The van der Waals surface area contributed by atoms with Crippen molar-refractivity contribution in [2.45, 2.75) is 47.0 Å². The highest BCUT2D eigenvalue weighted by Crippen LogP contribution is 2.27. The molecule has 0 saturated carbocycles. The first-order valence-electron chi connectivity index (χ1n) is 5.60. The van der Waals surface area contributed by atoms with E-state index in [0.717, 1.165) is 5.75 Å². The molecule has 0 aliphatic heterocycles. The second-order valence-electron chi connectivity index (χ2n) is 4.43. The lowest BCUT2D eigenvalue weighted by Crippen LogP contribution is -2.11. The van der Waals surface area contributed by atoms with Gasteiger partial charge in [-0.1, -0.05) is 46.8 Å². The zero-order valence-electron chi connectivity index (χ0n) is 11.1. The van der Waals surface area contributed by atoms with Gasteiger partial charge in [0.2, 0.25) is 0 Å². The molecule has 15 heavy (non-hydrogen) atoms. The molecule has 1 aromatic rings. The highest BCUT2D eigenvalue weighted by atomic mass is 16.5. The predicted octanol–water partition coefficient (Wildman–Crippen LogP) is 4.33. The van der Waals surface area contributed by atoms with Crippen molar-refractivity contribution >= 4 is 0 Å². The van der Waals surface area contributed by atoms with E-state index in [4.69, 9.17) is 4.74 Å². The summed E-state index contributed by atoms with van der Waals surface area (Å²) in [4.78, 5) is 0. The SMILES string of the molecule is CC.COc1cc(C(C)(C)C)ccc1C. The molecule has 1 nitrogen and oxygen atoms in total. The molecule has 0 aliphatic rings. The summed E-state index contributed by atoms with van der Waals surface area (Å²) in [5, 5.41) is 0. The molecule has 86 valence electrons. The van der Waals surface area contributed by atoms with Crippen LogP contribution in [0.5, 0.6) is 5.75 Å². The van der Waals surface area contributed by atoms with Gasteiger partial charge in [-0.05, 0) is 29.5 Å². The van der Waals surface area contributed by atoms with Crippen LogP contribution >= 0.6 is 0 Å². The Hall–Kier alpha value is -0.980. The number of hydrogen-bond donors (Lipinski definition) is 0. The van der Waals surface area contributed by atoms with Gasteiger partial charge in [0.15, 0.2) is 0 Å². The van der Waals surface area contributed by atoms with Crippen LogP contribution in [0.4, 0.5) is 0 Å². The van der Waals surface area contributed by atoms with Crippen LogP contribution in [0.25, 0.3) is 0 Å². The van der Waals surface area contributed by atoms with E-state index < -0.39 is 0 Å². The minimum absolute atomic E-state index is 0.195. The molecule has 0 heterocycles. The van der Waals surface area contributed by atoms with Gasteiger partial charge in [0.05, 0.1) is 7.11 Å². The van der Waals surface area contributed by atoms with Crippen molar-refractivity contribution in [1.82, 2.24) is 0 Å². The lowest BCUT2D eigenvalue weighted by atomic mass is 9.86. The summed E-state index contributed by atoms with van der Waals surface area (Å²) in [6.07, 6.45) is 0. The van der Waals surface area contributed by atoms with Gasteiger partial charge in [0.1, 0.15) is 5.75 Å². The zero-order chi connectivity index (χ0) is 12.1. The summed E-state index contributed by atoms with van der Waals surface area (Å²) in [6, 6.07) is 6.40. The number of benzene rings is 1. The highest BCUT2D eigenvalue weighted by Gasteiger charge is 2.14. The molecular formula is C14H24O. The van der Waals surface area contributed by atoms with Gasteiger partial charge in [0.25, 0.3) is 0 Å². The molecule has 0 N–H and O–H groups in total. The standard InChI is InChI=1S/C12H18O.C2H6/c1-9-6-7-10(12(2,3)4)8-11(9)13-5;1-2/h6-8H,1-5H3;1-2H3. The van der Waals surface area contributed by atoms with Crippen LogP contribution in [-0.2, 0) is 5.41 Å². The molecule has 0 amide bonds. The van der Waals surface area contributed by atoms with Gasteiger partial charge >= 0.3 is 0 Å². The summed E-state index contributed by atoms with van der Waals surface area (Å²) in [5.41, 5.74) is 2.70. The summed E-state index contributed by atoms with van der Waals surface area (Å²) in [7, 11) is 1.72. The number of hydrogen-bond acceptors (Lipinski definition) is 1. The maximum absolute atomic E-state index is 5.28. The number of ether oxygens (including phenoxy) is 1. The van der Waals surface area contributed by atoms with Crippen LogP contribution in [0.3, 0.4) is 0 Å². The maximum Gasteiger partial charge on any atom is 0.122 e. The van der Waals surface area contributed by atoms with Crippen molar-refractivity contribution in [2.24, 2.45) is 0 Å². The highest BCUT2D eigenvalue weighted by molar-refractivity contribution is 5.39. The maximum atomic E-state index is 5.28. The molecule has 0 aromatic heterocycles. The lowest BCUT2D eigenvalue weighted by Gasteiger charge is -2.20. The largest absolute Gasteiger partial charge is 0.496 e. The molecule has 1 aromatic carbocycles. The van der Waals surface area contributed by atoms with Gasteiger partial charge in [0, 0.05) is 0 Å². The fourth-order valence-electron chi connectivity index (χ4n) is 1.29. The third kappa shape index (κ3) is 3.94. The van der Waals surface area contributed by atoms with Gasteiger partial charge < -0.3 is 4.74 Å². The van der Waals surface area contributed by atoms with Gasteiger partial charge in [-0.15, -0.1) is 0 Å². The Morgan fingerprint density at radius 2 is 1.60 bits per heavy atom. The van der Waals surface area contributed by atoms with Gasteiger partial charge in [-0.3, -0.25) is 0 Å². The molecule has 0 fully saturated rings. The Kier molecular flexibility index (Phi) is 5.41. The van der Waals surface area contributed by atoms with Crippen molar-refractivity contribution in [3.63, 3.8) is 0 Å². The van der Waals surface area contributed by atoms with E-state index in [2.05, 4.69) is 45.9 Å². The normalized spacial score (nSPS) is 10.3. The van der Waals surface area contributed by atoms with Gasteiger partial charge in [-0.25, -0.2) is 0 Å². The fourth-order valence-corrected chi connectivity index (χ4v) is 1.29. The Morgan fingerprint density at radius 1 is 1.07 bits per heavy atom. The van der Waals surface area contributed by atoms with E-state index in [9.17, 15) is 0 Å². The van der Waals surface area contributed by atoms with Crippen LogP contribution in [-0.4, -0.2) is 7.11 Å². The van der Waals surface area contributed by atoms with Gasteiger partial charge in [-0.2, -0.15) is 0 Å². The average molecular weight is 208 g/mol. The first kappa shape index (κ1) is 14.0. The molecule has 0 spiro atoms. The fraction of sp³-hybridized carbons (Fsp3) is 0.571. The summed E-state index contributed by atoms with van der Waals surface area (Å²) < 4.78 is 5.28. The molecule has 1 heteroatoms. The third-order valence-electron chi connectivity index (χ3n) is 2.27. The number of methoxy groups -OCH3 is 1. The Labute approximate surface area is 94.5 Å². The monoisotopic (exact) mass is 208 g/mol. The first-order chi connectivity index (χ1) is 6.95. The second-order valence-corrected chi connectivity index (χ2v) is 4.43. The molecule has 1 rings (SSSR count). The van der Waals surface area contributed by atoms with Crippen molar-refractivity contribution < 1.29 is 4.74 Å². The smallest absolute Gasteiger partial charge is 0.122 e. The number of rotatable bonds is 1. The molecular weight excluding hydrogens is 184 g/mol. The lowest BCUT2D eigenvalue weighted by molar-refractivity contribution is 0.409. The molecule has 0 aliphatic carbocycles. The van der Waals surface area contributed by atoms with E-state index >= 15 is 0 Å². The minimum atomic E-state index is 0.195. The van der Waals surface area contributed by atoms with Crippen molar-refractivity contribution in [1.29, 1.82) is 0 Å². The first-order valence-corrected chi connectivity index (χ1v) is 5.60. The Bertz CT molecular complexity index is 295. The van der Waals surface area contributed by atoms with E-state index in [0.29, 0.717) is 0 Å². The molecule has 0 saturated heterocycles. The van der Waals surface area contributed by atoms with E-state index in [-0.39, 0.29) is 5.41 Å². The Balaban J connectivity index is 0.000000921. The van der Waals surface area contributed by atoms with Crippen LogP contribution < -0.4 is 4.74 Å². The summed E-state index contributed by atoms with van der Waals surface area (Å²) >= 11 is 0. The molecule has 0 atom stereocenters. The van der Waals surface area contributed by atoms with Crippen LogP contribution in [0.15, 0.2) is 18.2 Å². The van der Waals surface area contributed by atoms with Crippen molar-refractivity contribution in [2.75, 3.05) is 7.11 Å². The van der Waals surface area contributed by atoms with E-state index in [1.54, 1.807) is 7.11 Å². The van der Waals surface area contributed by atoms with E-state index in [1.807, 2.05) is 13.8 Å². The molecule has 0 radical (unpaired) electrons. The van der Waals surface area contributed by atoms with Crippen molar-refractivity contribution in [3.05, 3.63) is 29.3 Å². The number of aryl methyl sites for hydroxylation is 1. The molecule has 0 bridgehead atoms. The predicted molar refractivity (Wildman–Crippen MR) is 67.8 cm³/mol. The van der Waals surface area contributed by atoms with Crippen molar-refractivity contribution in [3.8, 4) is 5.75 Å². The van der Waals surface area contributed by atoms with Crippen LogP contribution in [0.2, 0.25) is 0 Å². The molecule has 0 unspecified atom stereocenters. The Morgan fingerprint density at radius 3 is 2.00 bits per heavy atom. The zero-order valence-corrected chi connectivity index (χ0v) is 11.1. The summed E-state index contributed by atoms with van der Waals surface area (Å²) in [5.74, 6) is 0.979. The van der Waals surface area contributed by atoms with Crippen LogP contribution in [0, 0.1) is 6.92 Å². The summed E-state index contributed by atoms with van der Waals surface area (Å²) in [6.45, 7) is 12.7. The quantitative estimate of drug-likeness (QED) is 0.667. The average Bonchev–Trinajstić information content (AvgIpc) is 2.20. The van der Waals surface area contributed by atoms with E-state index in [1.165, 1.54) is 11.1 Å². The third-order valence-corrected chi connectivity index (χ3v) is 2.27. The van der Waals surface area contributed by atoms with Crippen LogP contribution in [0.1, 0.15) is 45.7 Å². The topological polar surface area (TPSA) is 9.23 Å². The second kappa shape index (κ2) is 5.79. The minimum Gasteiger partial charge on any atom is -0.496 e.